The molecular formula is C19H18O4. The second kappa shape index (κ2) is 5.72. The summed E-state index contributed by atoms with van der Waals surface area (Å²) in [5.74, 6) is -1.94. The van der Waals surface area contributed by atoms with Crippen LogP contribution in [0.1, 0.15) is 34.6 Å². The van der Waals surface area contributed by atoms with Gasteiger partial charge in [0, 0.05) is 11.1 Å². The molecule has 23 heavy (non-hydrogen) atoms. The highest BCUT2D eigenvalue weighted by Crippen LogP contribution is 2.35. The van der Waals surface area contributed by atoms with Gasteiger partial charge in [-0.1, -0.05) is 60.7 Å². The molecule has 0 N–H and O–H groups in total. The topological polar surface area (TPSA) is 52.6 Å². The Morgan fingerprint density at radius 2 is 1.30 bits per heavy atom. The summed E-state index contributed by atoms with van der Waals surface area (Å²) in [7, 11) is 0. The number of benzene rings is 2. The molecular weight excluding hydrogens is 292 g/mol. The number of Topliss-reactive ketones (excluding diaryl/α,β-unsaturated/α-hetero) is 2. The van der Waals surface area contributed by atoms with Crippen molar-refractivity contribution in [3.63, 3.8) is 0 Å². The normalized spacial score (nSPS) is 26.9. The lowest BCUT2D eigenvalue weighted by molar-refractivity contribution is -0.127. The highest BCUT2D eigenvalue weighted by Gasteiger charge is 2.53. The van der Waals surface area contributed by atoms with E-state index in [-0.39, 0.29) is 18.2 Å². The molecule has 0 aromatic heterocycles. The minimum Gasteiger partial charge on any atom is -0.340 e. The molecule has 2 unspecified atom stereocenters. The molecule has 4 nitrogen and oxygen atoms in total. The maximum atomic E-state index is 12.7. The van der Waals surface area contributed by atoms with Crippen molar-refractivity contribution >= 4 is 11.6 Å². The van der Waals surface area contributed by atoms with E-state index in [4.69, 9.17) is 9.47 Å². The number of carbonyl (C=O) groups excluding carboxylic acids is 2. The van der Waals surface area contributed by atoms with Gasteiger partial charge in [0.05, 0.1) is 6.61 Å². The van der Waals surface area contributed by atoms with Crippen LogP contribution in [0.3, 0.4) is 0 Å². The molecule has 1 saturated heterocycles. The van der Waals surface area contributed by atoms with Crippen LogP contribution in [0.25, 0.3) is 0 Å². The zero-order chi connectivity index (χ0) is 16.5. The van der Waals surface area contributed by atoms with Gasteiger partial charge >= 0.3 is 0 Å². The van der Waals surface area contributed by atoms with E-state index in [1.54, 1.807) is 62.4 Å². The van der Waals surface area contributed by atoms with Crippen molar-refractivity contribution < 1.29 is 19.1 Å². The second-order valence-corrected chi connectivity index (χ2v) is 5.96. The van der Waals surface area contributed by atoms with E-state index in [1.807, 2.05) is 12.1 Å². The Morgan fingerprint density at radius 3 is 1.83 bits per heavy atom. The molecule has 0 spiro atoms. The third-order valence-corrected chi connectivity index (χ3v) is 4.01. The Balaban J connectivity index is 1.84. The van der Waals surface area contributed by atoms with E-state index >= 15 is 0 Å². The van der Waals surface area contributed by atoms with Gasteiger partial charge < -0.3 is 9.47 Å². The van der Waals surface area contributed by atoms with E-state index in [9.17, 15) is 9.59 Å². The van der Waals surface area contributed by atoms with Gasteiger partial charge in [-0.25, -0.2) is 0 Å². The lowest BCUT2D eigenvalue weighted by atomic mass is 9.95. The first-order valence-corrected chi connectivity index (χ1v) is 7.48. The molecule has 2 aromatic rings. The van der Waals surface area contributed by atoms with E-state index in [0.717, 1.165) is 0 Å². The lowest BCUT2D eigenvalue weighted by Gasteiger charge is -2.25. The Labute approximate surface area is 135 Å². The first kappa shape index (κ1) is 15.6. The number of hydrogen-bond acceptors (Lipinski definition) is 4. The summed E-state index contributed by atoms with van der Waals surface area (Å²) >= 11 is 0. The van der Waals surface area contributed by atoms with Crippen LogP contribution in [-0.4, -0.2) is 29.6 Å². The third-order valence-electron chi connectivity index (χ3n) is 4.01. The van der Waals surface area contributed by atoms with Crippen molar-refractivity contribution in [2.75, 3.05) is 6.61 Å². The Bertz CT molecular complexity index is 662. The summed E-state index contributed by atoms with van der Waals surface area (Å²) in [4.78, 5) is 25.4. The zero-order valence-corrected chi connectivity index (χ0v) is 13.1. The molecule has 3 rings (SSSR count). The number of ketones is 2. The Hall–Kier alpha value is -2.30. The quantitative estimate of drug-likeness (QED) is 0.813. The highest BCUT2D eigenvalue weighted by molar-refractivity contribution is 6.05. The van der Waals surface area contributed by atoms with Gasteiger partial charge in [0.15, 0.2) is 11.4 Å². The number of ether oxygens (including phenoxy) is 2. The predicted molar refractivity (Wildman–Crippen MR) is 85.4 cm³/mol. The van der Waals surface area contributed by atoms with Gasteiger partial charge in [-0.3, -0.25) is 9.59 Å². The largest absolute Gasteiger partial charge is 0.340 e. The number of rotatable bonds is 4. The minimum absolute atomic E-state index is 0.0375. The van der Waals surface area contributed by atoms with Crippen LogP contribution in [0, 0.1) is 0 Å². The molecule has 0 aliphatic carbocycles. The summed E-state index contributed by atoms with van der Waals surface area (Å²) in [6, 6.07) is 17.7. The third kappa shape index (κ3) is 2.83. The summed E-state index contributed by atoms with van der Waals surface area (Å²) < 4.78 is 11.5. The van der Waals surface area contributed by atoms with Crippen LogP contribution in [0.4, 0.5) is 0 Å². The van der Waals surface area contributed by atoms with Gasteiger partial charge in [-0.15, -0.1) is 0 Å². The average molecular weight is 310 g/mol. The molecule has 0 radical (unpaired) electrons. The molecule has 2 atom stereocenters. The summed E-state index contributed by atoms with van der Waals surface area (Å²) in [6.45, 7) is 3.26. The van der Waals surface area contributed by atoms with E-state index < -0.39 is 11.4 Å². The monoisotopic (exact) mass is 310 g/mol. The average Bonchev–Trinajstić information content (AvgIpc) is 2.93. The molecule has 1 heterocycles. The Morgan fingerprint density at radius 1 is 0.826 bits per heavy atom. The van der Waals surface area contributed by atoms with E-state index in [0.29, 0.717) is 11.1 Å². The van der Waals surface area contributed by atoms with Crippen molar-refractivity contribution in [1.82, 2.24) is 0 Å². The van der Waals surface area contributed by atoms with Crippen LogP contribution in [0.15, 0.2) is 60.7 Å². The molecule has 4 heteroatoms. The van der Waals surface area contributed by atoms with Gasteiger partial charge in [0.25, 0.3) is 0 Å². The van der Waals surface area contributed by atoms with Crippen LogP contribution in [0.2, 0.25) is 0 Å². The number of hydrogen-bond donors (Lipinski definition) is 0. The van der Waals surface area contributed by atoms with Gasteiger partial charge in [-0.2, -0.15) is 0 Å². The SMILES string of the molecule is CC1(C(=O)c2ccccc2)COC(C)(C(=O)c2ccccc2)O1. The van der Waals surface area contributed by atoms with Gasteiger partial charge in [0.1, 0.15) is 0 Å². The molecule has 1 aliphatic rings. The molecule has 0 saturated carbocycles. The summed E-state index contributed by atoms with van der Waals surface area (Å²) in [6.07, 6.45) is 0. The first-order valence-electron chi connectivity index (χ1n) is 7.48. The first-order chi connectivity index (χ1) is 10.9. The molecule has 1 aliphatic heterocycles. The van der Waals surface area contributed by atoms with Crippen LogP contribution in [-0.2, 0) is 9.47 Å². The van der Waals surface area contributed by atoms with Crippen molar-refractivity contribution in [1.29, 1.82) is 0 Å². The van der Waals surface area contributed by atoms with Crippen LogP contribution in [0.5, 0.6) is 0 Å². The van der Waals surface area contributed by atoms with Crippen molar-refractivity contribution in [2.45, 2.75) is 25.2 Å². The van der Waals surface area contributed by atoms with Crippen LogP contribution >= 0.6 is 0 Å². The highest BCUT2D eigenvalue weighted by atomic mass is 16.8. The zero-order valence-electron chi connectivity index (χ0n) is 13.1. The fraction of sp³-hybridized carbons (Fsp3) is 0.263. The van der Waals surface area contributed by atoms with Crippen LogP contribution < -0.4 is 0 Å². The fourth-order valence-electron chi connectivity index (χ4n) is 2.73. The molecule has 1 fully saturated rings. The van der Waals surface area contributed by atoms with Crippen molar-refractivity contribution in [3.8, 4) is 0 Å². The Kier molecular flexibility index (Phi) is 3.88. The molecule has 0 bridgehead atoms. The number of carbonyl (C=O) groups is 2. The molecule has 118 valence electrons. The second-order valence-electron chi connectivity index (χ2n) is 5.96. The fourth-order valence-corrected chi connectivity index (χ4v) is 2.73. The minimum atomic E-state index is -1.46. The predicted octanol–water partition coefficient (Wildman–Crippen LogP) is 3.27. The summed E-state index contributed by atoms with van der Waals surface area (Å²) in [5.41, 5.74) is -0.151. The molecule has 2 aromatic carbocycles. The smallest absolute Gasteiger partial charge is 0.231 e. The molecule has 0 amide bonds. The standard InChI is InChI=1S/C19H18O4/c1-18(16(20)14-9-5-3-6-10-14)13-22-19(2,23-18)17(21)15-11-7-4-8-12-15/h3-12H,13H2,1-2H3. The van der Waals surface area contributed by atoms with E-state index in [2.05, 4.69) is 0 Å². The summed E-state index contributed by atoms with van der Waals surface area (Å²) in [5, 5.41) is 0. The van der Waals surface area contributed by atoms with Crippen molar-refractivity contribution in [2.24, 2.45) is 0 Å². The maximum Gasteiger partial charge on any atom is 0.231 e. The lowest BCUT2D eigenvalue weighted by Crippen LogP contribution is -2.43. The maximum absolute atomic E-state index is 12.7. The van der Waals surface area contributed by atoms with Gasteiger partial charge in [-0.05, 0) is 13.8 Å². The van der Waals surface area contributed by atoms with Crippen molar-refractivity contribution in [3.05, 3.63) is 71.8 Å². The van der Waals surface area contributed by atoms with Gasteiger partial charge in [0.2, 0.25) is 11.6 Å². The van der Waals surface area contributed by atoms with E-state index in [1.165, 1.54) is 0 Å².